The molecule has 2 aromatic carbocycles. The van der Waals surface area contributed by atoms with Crippen LogP contribution in [0.3, 0.4) is 0 Å². The highest BCUT2D eigenvalue weighted by molar-refractivity contribution is 7.16. The Morgan fingerprint density at radius 1 is 1.08 bits per heavy atom. The summed E-state index contributed by atoms with van der Waals surface area (Å²) >= 11 is 1.64. The molecular formula is C31H32N2O2S. The molecule has 2 aromatic heterocycles. The van der Waals surface area contributed by atoms with Gasteiger partial charge in [-0.05, 0) is 49.6 Å². The number of rotatable bonds is 7. The van der Waals surface area contributed by atoms with Crippen LogP contribution in [0, 0.1) is 5.92 Å². The van der Waals surface area contributed by atoms with Crippen molar-refractivity contribution in [3.63, 3.8) is 0 Å². The van der Waals surface area contributed by atoms with Gasteiger partial charge in [0.15, 0.2) is 0 Å². The van der Waals surface area contributed by atoms with E-state index >= 15 is 0 Å². The highest BCUT2D eigenvalue weighted by atomic mass is 32.1. The van der Waals surface area contributed by atoms with Gasteiger partial charge in [0.1, 0.15) is 12.1 Å². The zero-order valence-electron chi connectivity index (χ0n) is 21.3. The van der Waals surface area contributed by atoms with Gasteiger partial charge < -0.3 is 14.7 Å². The number of allylic oxidation sites excluding steroid dienone is 3. The fourth-order valence-electron chi connectivity index (χ4n) is 5.13. The number of fused-ring (bicyclic) bond motifs is 4. The molecule has 1 N–H and O–H groups in total. The summed E-state index contributed by atoms with van der Waals surface area (Å²) in [7, 11) is 0. The standard InChI is InChI=1S/C31H32N2O2S/c1-5-10-29(35)21(19-34)16-23-17-26-30(36-23)32-18-22(15-20(2)31(26,3)4)33-27-13-8-6-11-24(27)25-12-7-9-14-28(25)33/h6-9,11-15,17-19,21,32H,5,10,16H2,1-4H3/b20-15+,22-18+. The van der Waals surface area contributed by atoms with Crippen molar-refractivity contribution in [1.82, 2.24) is 4.57 Å². The van der Waals surface area contributed by atoms with Gasteiger partial charge in [-0.25, -0.2) is 0 Å². The van der Waals surface area contributed by atoms with Crippen LogP contribution >= 0.6 is 11.3 Å². The number of benzene rings is 2. The maximum absolute atomic E-state index is 12.4. The van der Waals surface area contributed by atoms with Crippen LogP contribution in [0.1, 0.15) is 51.0 Å². The van der Waals surface area contributed by atoms with E-state index in [-0.39, 0.29) is 11.2 Å². The number of carbonyl (C=O) groups excluding carboxylic acids is 2. The van der Waals surface area contributed by atoms with Gasteiger partial charge in [-0.2, -0.15) is 0 Å². The van der Waals surface area contributed by atoms with E-state index in [9.17, 15) is 9.59 Å². The third-order valence-electron chi connectivity index (χ3n) is 7.49. The Kier molecular flexibility index (Phi) is 6.44. The van der Waals surface area contributed by atoms with Crippen LogP contribution in [0.15, 0.2) is 72.4 Å². The first-order valence-corrected chi connectivity index (χ1v) is 13.4. The second-order valence-corrected chi connectivity index (χ2v) is 11.3. The number of aromatic nitrogens is 1. The monoisotopic (exact) mass is 496 g/mol. The van der Waals surface area contributed by atoms with Gasteiger partial charge in [0, 0.05) is 33.7 Å². The van der Waals surface area contributed by atoms with Crippen molar-refractivity contribution in [3.8, 4) is 0 Å². The highest BCUT2D eigenvalue weighted by Crippen LogP contribution is 2.44. The Balaban J connectivity index is 1.61. The van der Waals surface area contributed by atoms with Crippen LogP contribution in [-0.4, -0.2) is 16.6 Å². The van der Waals surface area contributed by atoms with Crippen molar-refractivity contribution in [2.45, 2.75) is 52.4 Å². The molecule has 0 saturated heterocycles. The largest absolute Gasteiger partial charge is 0.351 e. The third-order valence-corrected chi connectivity index (χ3v) is 8.58. The van der Waals surface area contributed by atoms with E-state index in [2.05, 4.69) is 97.5 Å². The quantitative estimate of drug-likeness (QED) is 0.210. The lowest BCUT2D eigenvalue weighted by Crippen LogP contribution is -2.21. The lowest BCUT2D eigenvalue weighted by atomic mass is 9.78. The summed E-state index contributed by atoms with van der Waals surface area (Å²) in [6.45, 7) is 8.64. The number of thiophene rings is 1. The first-order chi connectivity index (χ1) is 17.3. The Morgan fingerprint density at radius 3 is 2.33 bits per heavy atom. The lowest BCUT2D eigenvalue weighted by molar-refractivity contribution is -0.127. The molecule has 1 aliphatic heterocycles. The molecule has 4 nitrogen and oxygen atoms in total. The minimum Gasteiger partial charge on any atom is -0.351 e. The average Bonchev–Trinajstić information content (AvgIpc) is 3.44. The minimum atomic E-state index is -0.571. The Bertz CT molecular complexity index is 1480. The van der Waals surface area contributed by atoms with Crippen molar-refractivity contribution >= 4 is 55.9 Å². The fraction of sp³-hybridized carbons (Fsp3) is 0.290. The van der Waals surface area contributed by atoms with Crippen LogP contribution in [-0.2, 0) is 21.4 Å². The van der Waals surface area contributed by atoms with Crippen molar-refractivity contribution in [2.75, 3.05) is 5.32 Å². The molecule has 1 atom stereocenters. The maximum Gasteiger partial charge on any atom is 0.143 e. The molecule has 3 heterocycles. The van der Waals surface area contributed by atoms with Crippen molar-refractivity contribution in [1.29, 1.82) is 0 Å². The molecule has 5 rings (SSSR count). The fourth-order valence-corrected chi connectivity index (χ4v) is 6.37. The van der Waals surface area contributed by atoms with Crippen LogP contribution in [0.5, 0.6) is 0 Å². The van der Waals surface area contributed by atoms with Gasteiger partial charge in [0.2, 0.25) is 0 Å². The summed E-state index contributed by atoms with van der Waals surface area (Å²) in [4.78, 5) is 25.2. The highest BCUT2D eigenvalue weighted by Gasteiger charge is 2.30. The van der Waals surface area contributed by atoms with Gasteiger partial charge in [0.25, 0.3) is 0 Å². The first kappa shape index (κ1) is 24.3. The minimum absolute atomic E-state index is 0.0326. The summed E-state index contributed by atoms with van der Waals surface area (Å²) in [6, 6.07) is 19.2. The molecule has 0 radical (unpaired) electrons. The van der Waals surface area contributed by atoms with Gasteiger partial charge in [-0.15, -0.1) is 11.3 Å². The smallest absolute Gasteiger partial charge is 0.143 e. The van der Waals surface area contributed by atoms with Crippen LogP contribution in [0.25, 0.3) is 27.5 Å². The van der Waals surface area contributed by atoms with Crippen LogP contribution < -0.4 is 5.32 Å². The third kappa shape index (κ3) is 4.11. The van der Waals surface area contributed by atoms with E-state index < -0.39 is 5.92 Å². The van der Waals surface area contributed by atoms with E-state index in [4.69, 9.17) is 0 Å². The molecule has 1 aliphatic rings. The number of carbonyl (C=O) groups is 2. The molecule has 36 heavy (non-hydrogen) atoms. The molecule has 184 valence electrons. The van der Waals surface area contributed by atoms with Crippen LogP contribution in [0.4, 0.5) is 5.00 Å². The molecule has 0 spiro atoms. The molecular weight excluding hydrogens is 464 g/mol. The van der Waals surface area contributed by atoms with Crippen molar-refractivity contribution < 1.29 is 9.59 Å². The topological polar surface area (TPSA) is 51.1 Å². The van der Waals surface area contributed by atoms with E-state index in [0.717, 1.165) is 28.3 Å². The predicted molar refractivity (Wildman–Crippen MR) is 152 cm³/mol. The van der Waals surface area contributed by atoms with Gasteiger partial charge >= 0.3 is 0 Å². The zero-order valence-corrected chi connectivity index (χ0v) is 22.1. The summed E-state index contributed by atoms with van der Waals surface area (Å²) in [5.41, 5.74) is 5.63. The molecule has 0 bridgehead atoms. The number of ketones is 1. The number of anilines is 1. The van der Waals surface area contributed by atoms with E-state index in [1.165, 1.54) is 32.9 Å². The summed E-state index contributed by atoms with van der Waals surface area (Å²) in [5, 5.41) is 7.12. The van der Waals surface area contributed by atoms with E-state index in [1.54, 1.807) is 11.3 Å². The zero-order chi connectivity index (χ0) is 25.4. The summed E-state index contributed by atoms with van der Waals surface area (Å²) in [6.07, 6.45) is 6.84. The molecule has 0 amide bonds. The summed E-state index contributed by atoms with van der Waals surface area (Å²) < 4.78 is 2.32. The number of hydrogen-bond acceptors (Lipinski definition) is 4. The van der Waals surface area contributed by atoms with Gasteiger partial charge in [-0.3, -0.25) is 4.79 Å². The van der Waals surface area contributed by atoms with Crippen molar-refractivity contribution in [2.24, 2.45) is 5.92 Å². The van der Waals surface area contributed by atoms with E-state index in [1.807, 2.05) is 6.92 Å². The first-order valence-electron chi connectivity index (χ1n) is 12.6. The number of nitrogens with one attached hydrogen (secondary N) is 1. The normalized spacial score (nSPS) is 18.8. The maximum atomic E-state index is 12.4. The molecule has 5 heteroatoms. The molecule has 4 aromatic rings. The second-order valence-electron chi connectivity index (χ2n) is 10.2. The Morgan fingerprint density at radius 2 is 1.72 bits per heavy atom. The number of nitrogens with zero attached hydrogens (tertiary/aromatic N) is 1. The van der Waals surface area contributed by atoms with Gasteiger partial charge in [-0.1, -0.05) is 62.7 Å². The molecule has 1 unspecified atom stereocenters. The van der Waals surface area contributed by atoms with Crippen molar-refractivity contribution in [3.05, 3.63) is 82.9 Å². The Labute approximate surface area is 216 Å². The molecule has 0 fully saturated rings. The number of hydrogen-bond donors (Lipinski definition) is 1. The number of para-hydroxylation sites is 2. The second kappa shape index (κ2) is 9.55. The SMILES string of the molecule is CCCC(=O)C(C=O)Cc1cc2c(s1)N/C=C(n1c3ccccc3c3ccccc31)\C=C(/C)C2(C)C. The Hall–Kier alpha value is -3.44. The van der Waals surface area contributed by atoms with Crippen LogP contribution in [0.2, 0.25) is 0 Å². The summed E-state index contributed by atoms with van der Waals surface area (Å²) in [5.74, 6) is -0.539. The molecule has 0 saturated carbocycles. The molecule has 0 aliphatic carbocycles. The predicted octanol–water partition coefficient (Wildman–Crippen LogP) is 7.73. The van der Waals surface area contributed by atoms with E-state index in [0.29, 0.717) is 12.8 Å². The van der Waals surface area contributed by atoms with Gasteiger partial charge in [0.05, 0.1) is 27.6 Å². The lowest BCUT2D eigenvalue weighted by Gasteiger charge is -2.29. The number of Topliss-reactive ketones (excluding diaryl/α,β-unsaturated/α-hetero) is 1. The average molecular weight is 497 g/mol. The number of aldehydes is 1.